The van der Waals surface area contributed by atoms with Crippen LogP contribution in [0.4, 0.5) is 0 Å². The second kappa shape index (κ2) is 3.33. The summed E-state index contributed by atoms with van der Waals surface area (Å²) < 4.78 is 0. The molecule has 2 heterocycles. The Hall–Kier alpha value is -1.38. The zero-order valence-electron chi connectivity index (χ0n) is 9.42. The highest BCUT2D eigenvalue weighted by molar-refractivity contribution is 5.80. The lowest BCUT2D eigenvalue weighted by molar-refractivity contribution is -0.121. The molecule has 0 saturated heterocycles. The summed E-state index contributed by atoms with van der Waals surface area (Å²) >= 11 is 0. The SMILES string of the molecule is CC(C)(C)c1cc2c(cn1)CNC(=O)C2. The number of carbonyl (C=O) groups is 1. The normalized spacial score (nSPS) is 15.8. The number of pyridine rings is 1. The highest BCUT2D eigenvalue weighted by Gasteiger charge is 2.20. The zero-order valence-corrected chi connectivity index (χ0v) is 9.42. The van der Waals surface area contributed by atoms with Crippen molar-refractivity contribution in [3.8, 4) is 0 Å². The Morgan fingerprint density at radius 3 is 2.73 bits per heavy atom. The molecule has 1 aromatic rings. The van der Waals surface area contributed by atoms with E-state index >= 15 is 0 Å². The van der Waals surface area contributed by atoms with Crippen molar-refractivity contribution in [3.63, 3.8) is 0 Å². The van der Waals surface area contributed by atoms with E-state index < -0.39 is 0 Å². The van der Waals surface area contributed by atoms with E-state index in [1.54, 1.807) is 0 Å². The van der Waals surface area contributed by atoms with Crippen molar-refractivity contribution >= 4 is 5.91 Å². The molecule has 0 atom stereocenters. The molecule has 0 spiro atoms. The molecule has 1 N–H and O–H groups in total. The maximum Gasteiger partial charge on any atom is 0.224 e. The predicted molar refractivity (Wildman–Crippen MR) is 58.5 cm³/mol. The van der Waals surface area contributed by atoms with E-state index in [4.69, 9.17) is 0 Å². The van der Waals surface area contributed by atoms with Gasteiger partial charge in [-0.2, -0.15) is 0 Å². The van der Waals surface area contributed by atoms with Crippen LogP contribution in [-0.4, -0.2) is 10.9 Å². The molecule has 15 heavy (non-hydrogen) atoms. The number of nitrogens with one attached hydrogen (secondary N) is 1. The standard InChI is InChI=1S/C12H16N2O/c1-12(2,3)10-4-8-5-11(15)14-7-9(8)6-13-10/h4,6H,5,7H2,1-3H3,(H,14,15). The first kappa shape index (κ1) is 10.1. The second-order valence-electron chi connectivity index (χ2n) is 5.04. The summed E-state index contributed by atoms with van der Waals surface area (Å²) in [5, 5.41) is 2.82. The molecule has 1 amide bonds. The third-order valence-electron chi connectivity index (χ3n) is 2.68. The number of hydrogen-bond donors (Lipinski definition) is 1. The molecule has 80 valence electrons. The average molecular weight is 204 g/mol. The van der Waals surface area contributed by atoms with Crippen LogP contribution < -0.4 is 5.32 Å². The van der Waals surface area contributed by atoms with Gasteiger partial charge >= 0.3 is 0 Å². The van der Waals surface area contributed by atoms with E-state index in [9.17, 15) is 4.79 Å². The Morgan fingerprint density at radius 2 is 2.07 bits per heavy atom. The van der Waals surface area contributed by atoms with Gasteiger partial charge in [-0.05, 0) is 17.2 Å². The minimum atomic E-state index is 0.0446. The fourth-order valence-corrected chi connectivity index (χ4v) is 1.69. The minimum Gasteiger partial charge on any atom is -0.352 e. The Labute approximate surface area is 89.9 Å². The van der Waals surface area contributed by atoms with E-state index in [1.165, 1.54) is 0 Å². The molecule has 1 aromatic heterocycles. The molecule has 1 aliphatic rings. The van der Waals surface area contributed by atoms with E-state index in [-0.39, 0.29) is 11.3 Å². The average Bonchev–Trinajstić information content (AvgIpc) is 2.15. The molecule has 0 aliphatic carbocycles. The first-order valence-electron chi connectivity index (χ1n) is 5.22. The van der Waals surface area contributed by atoms with Gasteiger partial charge in [-0.1, -0.05) is 20.8 Å². The van der Waals surface area contributed by atoms with Gasteiger partial charge in [-0.3, -0.25) is 9.78 Å². The van der Waals surface area contributed by atoms with E-state index in [1.807, 2.05) is 6.20 Å². The van der Waals surface area contributed by atoms with Gasteiger partial charge in [0.1, 0.15) is 0 Å². The number of amides is 1. The van der Waals surface area contributed by atoms with Crippen LogP contribution in [-0.2, 0) is 23.2 Å². The second-order valence-corrected chi connectivity index (χ2v) is 5.04. The maximum atomic E-state index is 11.3. The molecular formula is C12H16N2O. The van der Waals surface area contributed by atoms with Gasteiger partial charge in [0.05, 0.1) is 6.42 Å². The number of nitrogens with zero attached hydrogens (tertiary/aromatic N) is 1. The fourth-order valence-electron chi connectivity index (χ4n) is 1.69. The van der Waals surface area contributed by atoms with E-state index in [0.717, 1.165) is 16.8 Å². The number of hydrogen-bond acceptors (Lipinski definition) is 2. The van der Waals surface area contributed by atoms with Crippen molar-refractivity contribution in [1.82, 2.24) is 10.3 Å². The topological polar surface area (TPSA) is 42.0 Å². The summed E-state index contributed by atoms with van der Waals surface area (Å²) in [7, 11) is 0. The molecule has 0 fully saturated rings. The Morgan fingerprint density at radius 1 is 1.33 bits per heavy atom. The first-order valence-corrected chi connectivity index (χ1v) is 5.22. The number of carbonyl (C=O) groups excluding carboxylic acids is 1. The van der Waals surface area contributed by atoms with Gasteiger partial charge < -0.3 is 5.32 Å². The van der Waals surface area contributed by atoms with Crippen molar-refractivity contribution in [1.29, 1.82) is 0 Å². The maximum absolute atomic E-state index is 11.3. The van der Waals surface area contributed by atoms with Gasteiger partial charge in [0.25, 0.3) is 0 Å². The third-order valence-corrected chi connectivity index (χ3v) is 2.68. The van der Waals surface area contributed by atoms with Crippen molar-refractivity contribution in [2.24, 2.45) is 0 Å². The molecule has 0 saturated carbocycles. The first-order chi connectivity index (χ1) is 6.97. The lowest BCUT2D eigenvalue weighted by Crippen LogP contribution is -2.31. The Bertz CT molecular complexity index is 405. The molecule has 0 bridgehead atoms. The predicted octanol–water partition coefficient (Wildman–Crippen LogP) is 1.55. The van der Waals surface area contributed by atoms with Crippen LogP contribution in [0.25, 0.3) is 0 Å². The summed E-state index contributed by atoms with van der Waals surface area (Å²) in [5.74, 6) is 0.105. The highest BCUT2D eigenvalue weighted by atomic mass is 16.1. The molecule has 3 heteroatoms. The lowest BCUT2D eigenvalue weighted by atomic mass is 9.89. The number of rotatable bonds is 0. The molecular weight excluding hydrogens is 188 g/mol. The zero-order chi connectivity index (χ0) is 11.1. The van der Waals surface area contributed by atoms with Crippen LogP contribution in [0.15, 0.2) is 12.3 Å². The largest absolute Gasteiger partial charge is 0.352 e. The number of aromatic nitrogens is 1. The van der Waals surface area contributed by atoms with Crippen molar-refractivity contribution in [2.45, 2.75) is 39.2 Å². The van der Waals surface area contributed by atoms with Crippen LogP contribution >= 0.6 is 0 Å². The van der Waals surface area contributed by atoms with Crippen molar-refractivity contribution < 1.29 is 4.79 Å². The summed E-state index contributed by atoms with van der Waals surface area (Å²) in [6.07, 6.45) is 2.37. The van der Waals surface area contributed by atoms with Crippen LogP contribution in [0, 0.1) is 0 Å². The van der Waals surface area contributed by atoms with Crippen molar-refractivity contribution in [3.05, 3.63) is 29.1 Å². The van der Waals surface area contributed by atoms with Gasteiger partial charge in [-0.25, -0.2) is 0 Å². The molecule has 1 aliphatic heterocycles. The Kier molecular flexibility index (Phi) is 2.25. The van der Waals surface area contributed by atoms with Crippen LogP contribution in [0.1, 0.15) is 37.6 Å². The van der Waals surface area contributed by atoms with Gasteiger partial charge in [0, 0.05) is 23.9 Å². The van der Waals surface area contributed by atoms with Crippen LogP contribution in [0.5, 0.6) is 0 Å². The third kappa shape index (κ3) is 2.01. The van der Waals surface area contributed by atoms with Gasteiger partial charge in [0.15, 0.2) is 0 Å². The summed E-state index contributed by atoms with van der Waals surface area (Å²) in [4.78, 5) is 15.7. The van der Waals surface area contributed by atoms with Gasteiger partial charge in [-0.15, -0.1) is 0 Å². The van der Waals surface area contributed by atoms with Gasteiger partial charge in [0.2, 0.25) is 5.91 Å². The molecule has 3 nitrogen and oxygen atoms in total. The monoisotopic (exact) mass is 204 g/mol. The Balaban J connectivity index is 2.41. The van der Waals surface area contributed by atoms with E-state index in [2.05, 4.69) is 37.1 Å². The summed E-state index contributed by atoms with van der Waals surface area (Å²) in [6.45, 7) is 7.01. The van der Waals surface area contributed by atoms with Crippen LogP contribution in [0.3, 0.4) is 0 Å². The molecule has 2 rings (SSSR count). The smallest absolute Gasteiger partial charge is 0.224 e. The fraction of sp³-hybridized carbons (Fsp3) is 0.500. The minimum absolute atomic E-state index is 0.0446. The highest BCUT2D eigenvalue weighted by Crippen LogP contribution is 2.23. The number of fused-ring (bicyclic) bond motifs is 1. The molecule has 0 aromatic carbocycles. The molecule has 0 radical (unpaired) electrons. The van der Waals surface area contributed by atoms with E-state index in [0.29, 0.717) is 13.0 Å². The quantitative estimate of drug-likeness (QED) is 0.696. The van der Waals surface area contributed by atoms with Crippen LogP contribution in [0.2, 0.25) is 0 Å². The summed E-state index contributed by atoms with van der Waals surface area (Å²) in [5.41, 5.74) is 3.36. The molecule has 0 unspecified atom stereocenters. The summed E-state index contributed by atoms with van der Waals surface area (Å²) in [6, 6.07) is 2.06. The lowest BCUT2D eigenvalue weighted by Gasteiger charge is -2.22. The van der Waals surface area contributed by atoms with Crippen molar-refractivity contribution in [2.75, 3.05) is 0 Å².